The molecule has 0 saturated heterocycles. The molecular formula is C18H39N3O6. The smallest absolute Gasteiger partial charge is 0.241 e. The SMILES string of the molecule is C.C.C.CC(C)=C(C)[N+](=O)[O-].CC(C)=C(C)[N+](=O)[O-].CC(C)=C(C)[N+](=O)[O-]. The lowest BCUT2D eigenvalue weighted by atomic mass is 10.3. The lowest BCUT2D eigenvalue weighted by Crippen LogP contribution is -1.94. The number of nitro groups is 3. The van der Waals surface area contributed by atoms with E-state index in [-0.39, 0.29) is 54.1 Å². The molecule has 27 heavy (non-hydrogen) atoms. The molecule has 0 saturated carbocycles. The second kappa shape index (κ2) is 19.7. The molecule has 0 aromatic heterocycles. The third kappa shape index (κ3) is 23.4. The van der Waals surface area contributed by atoms with E-state index in [1.807, 2.05) is 0 Å². The first-order valence-corrected chi connectivity index (χ1v) is 7.02. The number of allylic oxidation sites excluding steroid dienone is 6. The van der Waals surface area contributed by atoms with Crippen LogP contribution in [0.3, 0.4) is 0 Å². The molecule has 0 rings (SSSR count). The molecule has 0 heterocycles. The van der Waals surface area contributed by atoms with Crippen LogP contribution < -0.4 is 0 Å². The molecule has 0 aromatic carbocycles. The Morgan fingerprint density at radius 3 is 0.556 bits per heavy atom. The monoisotopic (exact) mass is 393 g/mol. The van der Waals surface area contributed by atoms with Crippen molar-refractivity contribution < 1.29 is 14.8 Å². The summed E-state index contributed by atoms with van der Waals surface area (Å²) < 4.78 is 0. The summed E-state index contributed by atoms with van der Waals surface area (Å²) in [6.45, 7) is 14.8. The lowest BCUT2D eigenvalue weighted by molar-refractivity contribution is -0.425. The van der Waals surface area contributed by atoms with Crippen LogP contribution in [0.15, 0.2) is 33.8 Å². The van der Waals surface area contributed by atoms with Crippen LogP contribution >= 0.6 is 0 Å². The van der Waals surface area contributed by atoms with E-state index in [1.54, 1.807) is 41.5 Å². The van der Waals surface area contributed by atoms with Gasteiger partial charge in [-0.1, -0.05) is 22.3 Å². The second-order valence-electron chi connectivity index (χ2n) is 5.53. The maximum atomic E-state index is 9.89. The Labute approximate surface area is 164 Å². The van der Waals surface area contributed by atoms with E-state index < -0.39 is 0 Å². The highest BCUT2D eigenvalue weighted by Gasteiger charge is 2.02. The van der Waals surface area contributed by atoms with Crippen molar-refractivity contribution in [2.75, 3.05) is 0 Å². The summed E-state index contributed by atoms with van der Waals surface area (Å²) in [7, 11) is 0. The van der Waals surface area contributed by atoms with Crippen LogP contribution in [0.1, 0.15) is 84.6 Å². The first-order valence-electron chi connectivity index (χ1n) is 7.02. The highest BCUT2D eigenvalue weighted by atomic mass is 16.6. The van der Waals surface area contributed by atoms with Crippen molar-refractivity contribution in [3.63, 3.8) is 0 Å². The van der Waals surface area contributed by atoms with Crippen molar-refractivity contribution in [1.29, 1.82) is 0 Å². The standard InChI is InChI=1S/3C5H9NO2.3CH4/c3*1-4(2)5(3)6(7)8;;;/h3*1-3H3;3*1H4. The predicted molar refractivity (Wildman–Crippen MR) is 113 cm³/mol. The Bertz CT molecular complexity index is 483. The van der Waals surface area contributed by atoms with Crippen LogP contribution in [-0.2, 0) is 0 Å². The summed E-state index contributed by atoms with van der Waals surface area (Å²) in [5.41, 5.74) is 3.00. The predicted octanol–water partition coefficient (Wildman–Crippen LogP) is 6.64. The summed E-state index contributed by atoms with van der Waals surface area (Å²) in [5.74, 6) is 0. The molecule has 0 unspecified atom stereocenters. The third-order valence-corrected chi connectivity index (χ3v) is 2.99. The molecule has 0 amide bonds. The van der Waals surface area contributed by atoms with Gasteiger partial charge in [-0.2, -0.15) is 0 Å². The van der Waals surface area contributed by atoms with Gasteiger partial charge in [-0.05, 0) is 58.3 Å². The van der Waals surface area contributed by atoms with Crippen LogP contribution in [0.4, 0.5) is 0 Å². The van der Waals surface area contributed by atoms with Gasteiger partial charge in [-0.25, -0.2) is 0 Å². The molecular weight excluding hydrogens is 354 g/mol. The van der Waals surface area contributed by atoms with Crippen molar-refractivity contribution in [3.8, 4) is 0 Å². The fourth-order valence-electron chi connectivity index (χ4n) is 0.548. The fraction of sp³-hybridized carbons (Fsp3) is 0.667. The molecule has 0 radical (unpaired) electrons. The molecule has 0 aliphatic carbocycles. The molecule has 0 atom stereocenters. The minimum absolute atomic E-state index is 0. The van der Waals surface area contributed by atoms with Crippen molar-refractivity contribution in [3.05, 3.63) is 64.2 Å². The van der Waals surface area contributed by atoms with Gasteiger partial charge in [0.05, 0.1) is 14.8 Å². The van der Waals surface area contributed by atoms with E-state index in [9.17, 15) is 30.3 Å². The summed E-state index contributed by atoms with van der Waals surface area (Å²) in [4.78, 5) is 28.5. The Balaban J connectivity index is -0.0000000580. The molecule has 0 aliphatic heterocycles. The van der Waals surface area contributed by atoms with Gasteiger partial charge < -0.3 is 0 Å². The van der Waals surface area contributed by atoms with E-state index in [4.69, 9.17) is 0 Å². The van der Waals surface area contributed by atoms with Gasteiger partial charge >= 0.3 is 0 Å². The highest BCUT2D eigenvalue weighted by Crippen LogP contribution is 2.01. The maximum Gasteiger partial charge on any atom is 0.241 e. The summed E-state index contributed by atoms with van der Waals surface area (Å²) in [5, 5.41) is 29.7. The number of nitrogens with zero attached hydrogens (tertiary/aromatic N) is 3. The first-order chi connectivity index (χ1) is 10.7. The van der Waals surface area contributed by atoms with Gasteiger partial charge in [0.2, 0.25) is 17.1 Å². The minimum Gasteiger partial charge on any atom is -0.259 e. The van der Waals surface area contributed by atoms with Crippen LogP contribution in [0.5, 0.6) is 0 Å². The van der Waals surface area contributed by atoms with Gasteiger partial charge in [0.15, 0.2) is 0 Å². The zero-order chi connectivity index (χ0) is 20.2. The van der Waals surface area contributed by atoms with Gasteiger partial charge in [0.1, 0.15) is 0 Å². The van der Waals surface area contributed by atoms with Gasteiger partial charge in [-0.15, -0.1) is 0 Å². The summed E-state index contributed by atoms with van der Waals surface area (Å²) >= 11 is 0. The normalized spacial score (nSPS) is 7.44. The minimum atomic E-state index is -0.380. The van der Waals surface area contributed by atoms with Gasteiger partial charge in [0, 0.05) is 20.8 Å². The average Bonchev–Trinajstić information content (AvgIpc) is 2.45. The van der Waals surface area contributed by atoms with E-state index in [2.05, 4.69) is 0 Å². The van der Waals surface area contributed by atoms with Crippen LogP contribution in [0, 0.1) is 30.3 Å². The Morgan fingerprint density at radius 2 is 0.556 bits per heavy atom. The number of hydrogen-bond donors (Lipinski definition) is 0. The Morgan fingerprint density at radius 1 is 0.444 bits per heavy atom. The van der Waals surface area contributed by atoms with Crippen molar-refractivity contribution in [2.24, 2.45) is 0 Å². The quantitative estimate of drug-likeness (QED) is 0.390. The van der Waals surface area contributed by atoms with Crippen molar-refractivity contribution in [2.45, 2.75) is 84.6 Å². The van der Waals surface area contributed by atoms with E-state index >= 15 is 0 Å². The average molecular weight is 394 g/mol. The summed E-state index contributed by atoms with van der Waals surface area (Å²) in [6, 6.07) is 0. The molecule has 162 valence electrons. The summed E-state index contributed by atoms with van der Waals surface area (Å²) in [6.07, 6.45) is 0. The third-order valence-electron chi connectivity index (χ3n) is 2.99. The topological polar surface area (TPSA) is 129 Å². The molecule has 0 N–H and O–H groups in total. The number of rotatable bonds is 3. The van der Waals surface area contributed by atoms with E-state index in [0.29, 0.717) is 0 Å². The number of hydrogen-bond acceptors (Lipinski definition) is 6. The molecule has 9 nitrogen and oxygen atoms in total. The first kappa shape index (κ1) is 39.5. The molecule has 0 aliphatic rings. The molecule has 0 aromatic rings. The molecule has 0 spiro atoms. The van der Waals surface area contributed by atoms with Crippen LogP contribution in [0.25, 0.3) is 0 Å². The van der Waals surface area contributed by atoms with E-state index in [0.717, 1.165) is 16.7 Å². The Kier molecular flexibility index (Phi) is 28.9. The Hall–Kier alpha value is -2.58. The molecule has 0 fully saturated rings. The van der Waals surface area contributed by atoms with E-state index in [1.165, 1.54) is 20.8 Å². The van der Waals surface area contributed by atoms with Crippen molar-refractivity contribution >= 4 is 0 Å². The largest absolute Gasteiger partial charge is 0.259 e. The maximum absolute atomic E-state index is 9.89. The molecule has 9 heteroatoms. The van der Waals surface area contributed by atoms with Gasteiger partial charge in [0.25, 0.3) is 0 Å². The lowest BCUT2D eigenvalue weighted by Gasteiger charge is -1.88. The second-order valence-corrected chi connectivity index (χ2v) is 5.53. The zero-order valence-electron chi connectivity index (χ0n) is 15.8. The molecule has 0 bridgehead atoms. The van der Waals surface area contributed by atoms with Crippen molar-refractivity contribution in [1.82, 2.24) is 0 Å². The zero-order valence-corrected chi connectivity index (χ0v) is 15.8. The fourth-order valence-corrected chi connectivity index (χ4v) is 0.548. The highest BCUT2D eigenvalue weighted by molar-refractivity contribution is 4.98. The van der Waals surface area contributed by atoms with Crippen LogP contribution in [-0.4, -0.2) is 14.8 Å². The van der Waals surface area contributed by atoms with Gasteiger partial charge in [-0.3, -0.25) is 30.3 Å². The van der Waals surface area contributed by atoms with Crippen LogP contribution in [0.2, 0.25) is 0 Å².